The first-order valence-corrected chi connectivity index (χ1v) is 13.4. The average molecular weight is 476 g/mol. The highest BCUT2D eigenvalue weighted by Gasteiger charge is 2.38. The monoisotopic (exact) mass is 475 g/mol. The van der Waals surface area contributed by atoms with Crippen LogP contribution in [0.5, 0.6) is 11.5 Å². The fourth-order valence-electron chi connectivity index (χ4n) is 5.02. The molecule has 2 atom stereocenters. The number of sulfonamides is 1. The first kappa shape index (κ1) is 23.8. The Morgan fingerprint density at radius 3 is 2.52 bits per heavy atom. The molecule has 9 heteroatoms. The van der Waals surface area contributed by atoms with Gasteiger partial charge in [-0.25, -0.2) is 18.1 Å². The summed E-state index contributed by atoms with van der Waals surface area (Å²) in [5.74, 6) is 1.44. The van der Waals surface area contributed by atoms with Gasteiger partial charge in [0.05, 0.1) is 38.3 Å². The van der Waals surface area contributed by atoms with E-state index in [0.29, 0.717) is 37.1 Å². The van der Waals surface area contributed by atoms with Crippen molar-refractivity contribution in [3.8, 4) is 11.5 Å². The van der Waals surface area contributed by atoms with Crippen LogP contribution in [-0.2, 0) is 14.8 Å². The zero-order valence-corrected chi connectivity index (χ0v) is 20.0. The summed E-state index contributed by atoms with van der Waals surface area (Å²) in [5, 5.41) is 10.2. The molecule has 2 N–H and O–H groups in total. The van der Waals surface area contributed by atoms with Gasteiger partial charge in [0.15, 0.2) is 11.5 Å². The maximum atomic E-state index is 11.9. The van der Waals surface area contributed by atoms with Crippen LogP contribution in [0.25, 0.3) is 0 Å². The lowest BCUT2D eigenvalue weighted by Gasteiger charge is -2.33. The molecule has 1 aliphatic heterocycles. The van der Waals surface area contributed by atoms with Gasteiger partial charge in [0, 0.05) is 18.7 Å². The van der Waals surface area contributed by atoms with Gasteiger partial charge in [-0.3, -0.25) is 0 Å². The molecule has 1 saturated heterocycles. The van der Waals surface area contributed by atoms with Crippen LogP contribution >= 0.6 is 0 Å². The topological polar surface area (TPSA) is 101 Å². The number of rotatable bonds is 8. The van der Waals surface area contributed by atoms with Gasteiger partial charge in [-0.2, -0.15) is 0 Å². The average Bonchev–Trinajstić information content (AvgIpc) is 3.19. The summed E-state index contributed by atoms with van der Waals surface area (Å²) in [7, 11) is -1.89. The molecule has 0 spiro atoms. The normalized spacial score (nSPS) is 25.8. The summed E-state index contributed by atoms with van der Waals surface area (Å²) >= 11 is 0. The molecule has 0 unspecified atom stereocenters. The number of hydrogen-bond donors (Lipinski definition) is 2. The maximum absolute atomic E-state index is 11.9. The largest absolute Gasteiger partial charge is 0.504 e. The number of aromatic nitrogens is 1. The Bertz CT molecular complexity index is 1030. The number of ether oxygens (including phenoxy) is 2. The van der Waals surface area contributed by atoms with E-state index < -0.39 is 10.0 Å². The maximum Gasteiger partial charge on any atom is 0.209 e. The Morgan fingerprint density at radius 1 is 1.15 bits per heavy atom. The minimum Gasteiger partial charge on any atom is -0.504 e. The Hall–Kier alpha value is -2.36. The van der Waals surface area contributed by atoms with Crippen molar-refractivity contribution in [3.05, 3.63) is 48.2 Å². The van der Waals surface area contributed by atoms with Crippen LogP contribution < -0.4 is 14.4 Å². The number of hydrogen-bond acceptors (Lipinski definition) is 7. The van der Waals surface area contributed by atoms with Crippen molar-refractivity contribution in [1.82, 2.24) is 9.71 Å². The van der Waals surface area contributed by atoms with Crippen LogP contribution in [0.15, 0.2) is 42.6 Å². The summed E-state index contributed by atoms with van der Waals surface area (Å²) in [6.07, 6.45) is 7.58. The third kappa shape index (κ3) is 5.96. The SMILES string of the molecule is COc1cnc(N2CC[C@H](NS(C)(=O)=O)[C@@H]2COC2CCC(c3ccccc3)CC2)cc1O. The summed E-state index contributed by atoms with van der Waals surface area (Å²) in [6, 6.07) is 11.7. The first-order chi connectivity index (χ1) is 15.8. The smallest absolute Gasteiger partial charge is 0.209 e. The second-order valence-electron chi connectivity index (χ2n) is 8.98. The minimum atomic E-state index is -3.37. The quantitative estimate of drug-likeness (QED) is 0.605. The van der Waals surface area contributed by atoms with Crippen LogP contribution in [0.1, 0.15) is 43.6 Å². The molecular weight excluding hydrogens is 442 g/mol. The molecule has 180 valence electrons. The number of nitrogens with zero attached hydrogens (tertiary/aromatic N) is 2. The predicted octanol–water partition coefficient (Wildman–Crippen LogP) is 3.04. The highest BCUT2D eigenvalue weighted by molar-refractivity contribution is 7.88. The molecule has 0 bridgehead atoms. The van der Waals surface area contributed by atoms with Gasteiger partial charge in [-0.1, -0.05) is 30.3 Å². The first-order valence-electron chi connectivity index (χ1n) is 11.5. The summed E-state index contributed by atoms with van der Waals surface area (Å²) < 4.78 is 38.1. The van der Waals surface area contributed by atoms with E-state index >= 15 is 0 Å². The van der Waals surface area contributed by atoms with Crippen LogP contribution in [0.2, 0.25) is 0 Å². The molecule has 2 heterocycles. The molecule has 1 saturated carbocycles. The lowest BCUT2D eigenvalue weighted by molar-refractivity contribution is 0.0156. The van der Waals surface area contributed by atoms with E-state index in [4.69, 9.17) is 9.47 Å². The van der Waals surface area contributed by atoms with Gasteiger partial charge in [-0.15, -0.1) is 0 Å². The highest BCUT2D eigenvalue weighted by Crippen LogP contribution is 2.35. The van der Waals surface area contributed by atoms with Crippen molar-refractivity contribution in [2.24, 2.45) is 0 Å². The molecule has 2 aliphatic rings. The molecule has 2 aromatic rings. The minimum absolute atomic E-state index is 0.000856. The number of pyridine rings is 1. The van der Waals surface area contributed by atoms with Crippen molar-refractivity contribution >= 4 is 15.8 Å². The molecule has 2 fully saturated rings. The van der Waals surface area contributed by atoms with Crippen LogP contribution in [0.3, 0.4) is 0 Å². The van der Waals surface area contributed by atoms with E-state index in [1.54, 1.807) is 6.07 Å². The van der Waals surface area contributed by atoms with Gasteiger partial charge < -0.3 is 19.5 Å². The van der Waals surface area contributed by atoms with Crippen molar-refractivity contribution < 1.29 is 23.0 Å². The molecular formula is C24H33N3O5S. The van der Waals surface area contributed by atoms with E-state index in [2.05, 4.69) is 34.0 Å². The molecule has 33 heavy (non-hydrogen) atoms. The summed E-state index contributed by atoms with van der Waals surface area (Å²) in [6.45, 7) is 1.00. The second kappa shape index (κ2) is 10.3. The van der Waals surface area contributed by atoms with Gasteiger partial charge in [-0.05, 0) is 43.6 Å². The number of benzene rings is 1. The highest BCUT2D eigenvalue weighted by atomic mass is 32.2. The summed E-state index contributed by atoms with van der Waals surface area (Å²) in [5.41, 5.74) is 1.39. The molecule has 0 amide bonds. The van der Waals surface area contributed by atoms with E-state index in [9.17, 15) is 13.5 Å². The third-order valence-corrected chi connectivity index (χ3v) is 7.44. The second-order valence-corrected chi connectivity index (χ2v) is 10.8. The number of anilines is 1. The molecule has 1 aromatic heterocycles. The number of aromatic hydroxyl groups is 1. The van der Waals surface area contributed by atoms with E-state index in [1.807, 2.05) is 11.0 Å². The van der Waals surface area contributed by atoms with Gasteiger partial charge in [0.1, 0.15) is 5.82 Å². The van der Waals surface area contributed by atoms with Crippen molar-refractivity contribution in [1.29, 1.82) is 0 Å². The van der Waals surface area contributed by atoms with E-state index in [0.717, 1.165) is 25.7 Å². The third-order valence-electron chi connectivity index (χ3n) is 6.71. The Labute approximate surface area is 196 Å². The molecule has 8 nitrogen and oxygen atoms in total. The Morgan fingerprint density at radius 2 is 1.88 bits per heavy atom. The van der Waals surface area contributed by atoms with Crippen LogP contribution in [0.4, 0.5) is 5.82 Å². The zero-order valence-electron chi connectivity index (χ0n) is 19.2. The van der Waals surface area contributed by atoms with E-state index in [-0.39, 0.29) is 23.9 Å². The van der Waals surface area contributed by atoms with Crippen molar-refractivity contribution in [3.63, 3.8) is 0 Å². The van der Waals surface area contributed by atoms with Crippen LogP contribution in [0, 0.1) is 0 Å². The molecule has 0 radical (unpaired) electrons. The number of nitrogens with one attached hydrogen (secondary N) is 1. The Kier molecular flexibility index (Phi) is 7.41. The van der Waals surface area contributed by atoms with E-state index in [1.165, 1.54) is 25.1 Å². The molecule has 4 rings (SSSR count). The fourth-order valence-corrected chi connectivity index (χ4v) is 5.84. The lowest BCUT2D eigenvalue weighted by atomic mass is 9.83. The standard InChI is InChI=1S/C24H33N3O5S/c1-31-23-15-25-24(14-22(23)28)27-13-12-20(26-33(2,29)30)21(27)16-32-19-10-8-18(9-11-19)17-6-4-3-5-7-17/h3-7,14-15,18-21,26H,8-13,16H2,1-2H3,(H,25,28)/t18?,19?,20-,21-/m0/s1. The fraction of sp³-hybridized carbons (Fsp3) is 0.542. The van der Waals surface area contributed by atoms with Gasteiger partial charge in [0.25, 0.3) is 0 Å². The number of methoxy groups -OCH3 is 1. The van der Waals surface area contributed by atoms with Crippen molar-refractivity contribution in [2.45, 2.75) is 56.2 Å². The Balaban J connectivity index is 1.42. The lowest BCUT2D eigenvalue weighted by Crippen LogP contribution is -2.48. The molecule has 1 aromatic carbocycles. The zero-order chi connectivity index (χ0) is 23.4. The van der Waals surface area contributed by atoms with Crippen molar-refractivity contribution in [2.75, 3.05) is 31.4 Å². The van der Waals surface area contributed by atoms with Gasteiger partial charge in [0.2, 0.25) is 10.0 Å². The van der Waals surface area contributed by atoms with Crippen LogP contribution in [-0.4, -0.2) is 63.2 Å². The predicted molar refractivity (Wildman–Crippen MR) is 127 cm³/mol. The summed E-state index contributed by atoms with van der Waals surface area (Å²) in [4.78, 5) is 6.43. The molecule has 1 aliphatic carbocycles. The van der Waals surface area contributed by atoms with Gasteiger partial charge >= 0.3 is 0 Å².